The average Bonchev–Trinajstić information content (AvgIpc) is 2.47. The molecule has 0 unspecified atom stereocenters. The predicted octanol–water partition coefficient (Wildman–Crippen LogP) is 3.61. The van der Waals surface area contributed by atoms with Gasteiger partial charge in [-0.1, -0.05) is 36.4 Å². The molecule has 3 nitrogen and oxygen atoms in total. The van der Waals surface area contributed by atoms with Crippen molar-refractivity contribution in [3.63, 3.8) is 0 Å². The van der Waals surface area contributed by atoms with Gasteiger partial charge in [0.15, 0.2) is 5.76 Å². The summed E-state index contributed by atoms with van der Waals surface area (Å²) >= 11 is 0. The fourth-order valence-electron chi connectivity index (χ4n) is 1.57. The van der Waals surface area contributed by atoms with Gasteiger partial charge in [-0.3, -0.25) is 4.79 Å². The predicted molar refractivity (Wildman–Crippen MR) is 75.9 cm³/mol. The van der Waals surface area contributed by atoms with Crippen molar-refractivity contribution in [1.82, 2.24) is 0 Å². The maximum Gasteiger partial charge on any atom is 0.291 e. The molecule has 0 bridgehead atoms. The highest BCUT2D eigenvalue weighted by atomic mass is 16.5. The summed E-state index contributed by atoms with van der Waals surface area (Å²) in [6, 6.07) is 18.5. The number of nitrogens with one attached hydrogen (secondary N) is 1. The molecule has 0 saturated carbocycles. The Labute approximate surface area is 112 Å². The van der Waals surface area contributed by atoms with E-state index in [-0.39, 0.29) is 11.7 Å². The molecule has 0 aromatic heterocycles. The van der Waals surface area contributed by atoms with Crippen molar-refractivity contribution < 1.29 is 9.53 Å². The topological polar surface area (TPSA) is 38.3 Å². The largest absolute Gasteiger partial charge is 0.452 e. The SMILES string of the molecule is C/C=C(/Oc1ccccc1)C(=O)Nc1ccccc1. The average molecular weight is 253 g/mol. The highest BCUT2D eigenvalue weighted by Crippen LogP contribution is 2.14. The van der Waals surface area contributed by atoms with E-state index in [2.05, 4.69) is 5.32 Å². The molecule has 0 aliphatic rings. The quantitative estimate of drug-likeness (QED) is 0.667. The summed E-state index contributed by atoms with van der Waals surface area (Å²) in [5, 5.41) is 2.78. The molecule has 0 saturated heterocycles. The third-order valence-corrected chi connectivity index (χ3v) is 2.49. The molecule has 1 amide bonds. The summed E-state index contributed by atoms with van der Waals surface area (Å²) in [5.41, 5.74) is 0.739. The molecule has 0 radical (unpaired) electrons. The van der Waals surface area contributed by atoms with E-state index >= 15 is 0 Å². The molecular weight excluding hydrogens is 238 g/mol. The lowest BCUT2D eigenvalue weighted by Crippen LogP contribution is -2.18. The van der Waals surface area contributed by atoms with E-state index in [1.807, 2.05) is 48.5 Å². The van der Waals surface area contributed by atoms with Crippen molar-refractivity contribution in [2.75, 3.05) is 5.32 Å². The number of anilines is 1. The molecule has 3 heteroatoms. The number of allylic oxidation sites excluding steroid dienone is 1. The molecule has 0 fully saturated rings. The maximum absolute atomic E-state index is 12.0. The Morgan fingerprint density at radius 3 is 2.16 bits per heavy atom. The van der Waals surface area contributed by atoms with E-state index in [1.165, 1.54) is 0 Å². The van der Waals surface area contributed by atoms with Gasteiger partial charge in [0, 0.05) is 5.69 Å². The van der Waals surface area contributed by atoms with Gasteiger partial charge in [0.2, 0.25) is 0 Å². The normalized spacial score (nSPS) is 10.9. The molecule has 2 aromatic carbocycles. The minimum atomic E-state index is -0.266. The first kappa shape index (κ1) is 12.9. The van der Waals surface area contributed by atoms with Crippen molar-refractivity contribution >= 4 is 11.6 Å². The molecular formula is C16H15NO2. The van der Waals surface area contributed by atoms with E-state index in [9.17, 15) is 4.79 Å². The van der Waals surface area contributed by atoms with E-state index in [0.717, 1.165) is 5.69 Å². The van der Waals surface area contributed by atoms with Gasteiger partial charge in [0.05, 0.1) is 0 Å². The van der Waals surface area contributed by atoms with Gasteiger partial charge in [0.25, 0.3) is 5.91 Å². The monoisotopic (exact) mass is 253 g/mol. The fraction of sp³-hybridized carbons (Fsp3) is 0.0625. The third kappa shape index (κ3) is 3.71. The van der Waals surface area contributed by atoms with Crippen LogP contribution in [0.25, 0.3) is 0 Å². The number of carbonyl (C=O) groups is 1. The molecule has 2 aromatic rings. The molecule has 0 spiro atoms. The van der Waals surface area contributed by atoms with E-state index < -0.39 is 0 Å². The lowest BCUT2D eigenvalue weighted by Gasteiger charge is -2.10. The zero-order chi connectivity index (χ0) is 13.5. The standard InChI is InChI=1S/C16H15NO2/c1-2-15(19-14-11-7-4-8-12-14)16(18)17-13-9-5-3-6-10-13/h2-12H,1H3,(H,17,18)/b15-2+. The Morgan fingerprint density at radius 2 is 1.58 bits per heavy atom. The number of benzene rings is 2. The van der Waals surface area contributed by atoms with Crippen LogP contribution in [-0.2, 0) is 4.79 Å². The van der Waals surface area contributed by atoms with Crippen LogP contribution < -0.4 is 10.1 Å². The highest BCUT2D eigenvalue weighted by Gasteiger charge is 2.11. The minimum absolute atomic E-state index is 0.266. The van der Waals surface area contributed by atoms with Crippen LogP contribution in [-0.4, -0.2) is 5.91 Å². The lowest BCUT2D eigenvalue weighted by molar-refractivity contribution is -0.114. The van der Waals surface area contributed by atoms with Crippen molar-refractivity contribution in [3.05, 3.63) is 72.5 Å². The Hall–Kier alpha value is -2.55. The maximum atomic E-state index is 12.0. The zero-order valence-electron chi connectivity index (χ0n) is 10.7. The van der Waals surface area contributed by atoms with E-state index in [0.29, 0.717) is 5.75 Å². The van der Waals surface area contributed by atoms with Crippen LogP contribution in [0.3, 0.4) is 0 Å². The van der Waals surface area contributed by atoms with Crippen LogP contribution in [0.1, 0.15) is 6.92 Å². The van der Waals surface area contributed by atoms with E-state index in [4.69, 9.17) is 4.74 Å². The van der Waals surface area contributed by atoms with Gasteiger partial charge >= 0.3 is 0 Å². The molecule has 0 atom stereocenters. The highest BCUT2D eigenvalue weighted by molar-refractivity contribution is 6.02. The molecule has 1 N–H and O–H groups in total. The summed E-state index contributed by atoms with van der Waals surface area (Å²) in [7, 11) is 0. The van der Waals surface area contributed by atoms with Crippen LogP contribution in [0.5, 0.6) is 5.75 Å². The molecule has 0 aliphatic heterocycles. The molecule has 96 valence electrons. The first-order chi connectivity index (χ1) is 9.29. The number of amides is 1. The van der Waals surface area contributed by atoms with Crippen LogP contribution in [0.15, 0.2) is 72.5 Å². The van der Waals surface area contributed by atoms with Crippen molar-refractivity contribution in [2.24, 2.45) is 0 Å². The number of para-hydroxylation sites is 2. The van der Waals surface area contributed by atoms with Crippen molar-refractivity contribution in [1.29, 1.82) is 0 Å². The number of ether oxygens (including phenoxy) is 1. The zero-order valence-corrected chi connectivity index (χ0v) is 10.7. The van der Waals surface area contributed by atoms with Gasteiger partial charge in [-0.05, 0) is 37.3 Å². The van der Waals surface area contributed by atoms with Crippen LogP contribution >= 0.6 is 0 Å². The Morgan fingerprint density at radius 1 is 1.00 bits per heavy atom. The Balaban J connectivity index is 2.04. The summed E-state index contributed by atoms with van der Waals surface area (Å²) in [6.07, 6.45) is 1.64. The minimum Gasteiger partial charge on any atom is -0.452 e. The molecule has 0 aliphatic carbocycles. The summed E-state index contributed by atoms with van der Waals surface area (Å²) in [4.78, 5) is 12.0. The lowest BCUT2D eigenvalue weighted by atomic mass is 10.3. The second-order valence-corrected chi connectivity index (χ2v) is 3.89. The first-order valence-electron chi connectivity index (χ1n) is 6.05. The fourth-order valence-corrected chi connectivity index (χ4v) is 1.57. The van der Waals surface area contributed by atoms with Crippen LogP contribution in [0, 0.1) is 0 Å². The van der Waals surface area contributed by atoms with Gasteiger partial charge in [-0.2, -0.15) is 0 Å². The molecule has 0 heterocycles. The van der Waals surface area contributed by atoms with Crippen LogP contribution in [0.2, 0.25) is 0 Å². The summed E-state index contributed by atoms with van der Waals surface area (Å²) in [5.74, 6) is 0.645. The number of rotatable bonds is 4. The molecule has 2 rings (SSSR count). The van der Waals surface area contributed by atoms with Crippen LogP contribution in [0.4, 0.5) is 5.69 Å². The number of hydrogen-bond donors (Lipinski definition) is 1. The Bertz CT molecular complexity index is 562. The van der Waals surface area contributed by atoms with Gasteiger partial charge in [-0.15, -0.1) is 0 Å². The van der Waals surface area contributed by atoms with Crippen molar-refractivity contribution in [3.8, 4) is 5.75 Å². The number of carbonyl (C=O) groups excluding carboxylic acids is 1. The second kappa shape index (κ2) is 6.40. The smallest absolute Gasteiger partial charge is 0.291 e. The van der Waals surface area contributed by atoms with E-state index in [1.54, 1.807) is 25.1 Å². The Kier molecular flexibility index (Phi) is 4.34. The first-order valence-corrected chi connectivity index (χ1v) is 6.05. The second-order valence-electron chi connectivity index (χ2n) is 3.89. The summed E-state index contributed by atoms with van der Waals surface area (Å²) < 4.78 is 5.55. The van der Waals surface area contributed by atoms with Gasteiger partial charge in [-0.25, -0.2) is 0 Å². The summed E-state index contributed by atoms with van der Waals surface area (Å²) in [6.45, 7) is 1.77. The number of hydrogen-bond acceptors (Lipinski definition) is 2. The van der Waals surface area contributed by atoms with Gasteiger partial charge in [0.1, 0.15) is 5.75 Å². The van der Waals surface area contributed by atoms with Crippen molar-refractivity contribution in [2.45, 2.75) is 6.92 Å². The third-order valence-electron chi connectivity index (χ3n) is 2.49. The molecule has 19 heavy (non-hydrogen) atoms. The van der Waals surface area contributed by atoms with Gasteiger partial charge < -0.3 is 10.1 Å².